The number of nitrogen functional groups attached to an aromatic ring is 1. The molecule has 0 fully saturated rings. The summed E-state index contributed by atoms with van der Waals surface area (Å²) in [5, 5.41) is 8.88. The molecule has 1 aromatic heterocycles. The van der Waals surface area contributed by atoms with Gasteiger partial charge in [0.05, 0.1) is 22.9 Å². The van der Waals surface area contributed by atoms with Crippen LogP contribution in [0, 0.1) is 18.3 Å². The van der Waals surface area contributed by atoms with Gasteiger partial charge in [0.2, 0.25) is 0 Å². The normalized spacial score (nSPS) is 9.76. The summed E-state index contributed by atoms with van der Waals surface area (Å²) in [6.45, 7) is 2.15. The van der Waals surface area contributed by atoms with E-state index in [9.17, 15) is 4.79 Å². The summed E-state index contributed by atoms with van der Waals surface area (Å²) in [5.41, 5.74) is 4.57. The van der Waals surface area contributed by atoms with Crippen molar-refractivity contribution in [3.05, 3.63) is 58.9 Å². The summed E-state index contributed by atoms with van der Waals surface area (Å²) < 4.78 is 5.65. The maximum atomic E-state index is 11.3. The Morgan fingerprint density at radius 2 is 2.24 bits per heavy atom. The van der Waals surface area contributed by atoms with E-state index in [1.165, 1.54) is 6.20 Å². The van der Waals surface area contributed by atoms with Crippen molar-refractivity contribution in [2.75, 3.05) is 0 Å². The second-order valence-electron chi connectivity index (χ2n) is 4.39. The minimum atomic E-state index is -0.396. The first kappa shape index (κ1) is 14.5. The molecule has 0 aliphatic carbocycles. The summed E-state index contributed by atoms with van der Waals surface area (Å²) in [5.74, 6) is 5.29. The molecule has 1 heterocycles. The molecule has 0 bridgehead atoms. The Balaban J connectivity index is 2.06. The number of rotatable bonds is 4. The number of carbonyl (C=O) groups is 1. The van der Waals surface area contributed by atoms with Crippen molar-refractivity contribution >= 4 is 5.91 Å². The van der Waals surface area contributed by atoms with Crippen molar-refractivity contribution in [2.45, 2.75) is 13.5 Å². The summed E-state index contributed by atoms with van der Waals surface area (Å²) in [6.07, 6.45) is 1.43. The molecule has 2 aromatic rings. The van der Waals surface area contributed by atoms with E-state index >= 15 is 0 Å². The van der Waals surface area contributed by atoms with E-state index < -0.39 is 5.91 Å². The molecule has 1 aromatic carbocycles. The van der Waals surface area contributed by atoms with Crippen LogP contribution in [0.4, 0.5) is 0 Å². The van der Waals surface area contributed by atoms with Crippen molar-refractivity contribution in [3.8, 4) is 11.8 Å². The molecule has 0 atom stereocenters. The average Bonchev–Trinajstić information content (AvgIpc) is 2.54. The SMILES string of the molecule is Cc1ccc(C#N)cc1OCc1ccc(C(=O)NN)cn1. The van der Waals surface area contributed by atoms with Crippen LogP contribution in [0.15, 0.2) is 36.5 Å². The second kappa shape index (κ2) is 6.50. The third-order valence-corrected chi connectivity index (χ3v) is 2.91. The molecular formula is C15H14N4O2. The average molecular weight is 282 g/mol. The lowest BCUT2D eigenvalue weighted by molar-refractivity contribution is 0.0953. The molecule has 0 saturated carbocycles. The van der Waals surface area contributed by atoms with Gasteiger partial charge >= 0.3 is 0 Å². The predicted octanol–water partition coefficient (Wildman–Crippen LogP) is 1.44. The Morgan fingerprint density at radius 1 is 1.43 bits per heavy atom. The molecule has 106 valence electrons. The number of nitriles is 1. The van der Waals surface area contributed by atoms with Crippen LogP contribution in [0.25, 0.3) is 0 Å². The number of hydrogen-bond acceptors (Lipinski definition) is 5. The first-order chi connectivity index (χ1) is 10.1. The van der Waals surface area contributed by atoms with E-state index in [1.54, 1.807) is 24.3 Å². The van der Waals surface area contributed by atoms with E-state index in [0.717, 1.165) is 5.56 Å². The molecule has 3 N–H and O–H groups in total. The zero-order valence-electron chi connectivity index (χ0n) is 11.5. The maximum absolute atomic E-state index is 11.3. The monoisotopic (exact) mass is 282 g/mol. The number of hydrogen-bond donors (Lipinski definition) is 2. The van der Waals surface area contributed by atoms with Gasteiger partial charge in [-0.1, -0.05) is 6.07 Å². The third-order valence-electron chi connectivity index (χ3n) is 2.91. The second-order valence-corrected chi connectivity index (χ2v) is 4.39. The number of nitrogens with zero attached hydrogens (tertiary/aromatic N) is 2. The van der Waals surface area contributed by atoms with Gasteiger partial charge in [-0.3, -0.25) is 15.2 Å². The highest BCUT2D eigenvalue weighted by molar-refractivity contribution is 5.93. The topological polar surface area (TPSA) is 101 Å². The Morgan fingerprint density at radius 3 is 2.86 bits per heavy atom. The number of amides is 1. The first-order valence-corrected chi connectivity index (χ1v) is 6.23. The summed E-state index contributed by atoms with van der Waals surface area (Å²) >= 11 is 0. The molecule has 21 heavy (non-hydrogen) atoms. The van der Waals surface area contributed by atoms with Gasteiger partial charge < -0.3 is 4.74 Å². The molecule has 0 radical (unpaired) electrons. The van der Waals surface area contributed by atoms with Crippen LogP contribution in [0.2, 0.25) is 0 Å². The number of nitrogens with one attached hydrogen (secondary N) is 1. The fourth-order valence-corrected chi connectivity index (χ4v) is 1.70. The van der Waals surface area contributed by atoms with Gasteiger partial charge in [0.25, 0.3) is 5.91 Å². The highest BCUT2D eigenvalue weighted by Crippen LogP contribution is 2.20. The van der Waals surface area contributed by atoms with E-state index in [4.69, 9.17) is 15.8 Å². The Labute approximate surface area is 122 Å². The molecule has 0 saturated heterocycles. The number of benzene rings is 1. The van der Waals surface area contributed by atoms with Gasteiger partial charge in [-0.15, -0.1) is 0 Å². The summed E-state index contributed by atoms with van der Waals surface area (Å²) in [6, 6.07) is 10.6. The van der Waals surface area contributed by atoms with Crippen LogP contribution in [-0.2, 0) is 6.61 Å². The van der Waals surface area contributed by atoms with Crippen molar-refractivity contribution in [2.24, 2.45) is 5.84 Å². The zero-order valence-corrected chi connectivity index (χ0v) is 11.5. The smallest absolute Gasteiger partial charge is 0.266 e. The number of aryl methyl sites for hydroxylation is 1. The lowest BCUT2D eigenvalue weighted by atomic mass is 10.1. The van der Waals surface area contributed by atoms with Gasteiger partial charge in [0, 0.05) is 6.20 Å². The van der Waals surface area contributed by atoms with Crippen LogP contribution in [0.5, 0.6) is 5.75 Å². The molecule has 1 amide bonds. The standard InChI is InChI=1S/C15H14N4O2/c1-10-2-3-11(7-16)6-14(10)21-9-13-5-4-12(8-18-13)15(20)19-17/h2-6,8H,9,17H2,1H3,(H,19,20). The fraction of sp³-hybridized carbons (Fsp3) is 0.133. The molecule has 6 heteroatoms. The van der Waals surface area contributed by atoms with E-state index in [0.29, 0.717) is 22.6 Å². The lowest BCUT2D eigenvalue weighted by Crippen LogP contribution is -2.30. The Bertz CT molecular complexity index is 690. The first-order valence-electron chi connectivity index (χ1n) is 6.23. The number of ether oxygens (including phenoxy) is 1. The van der Waals surface area contributed by atoms with E-state index in [-0.39, 0.29) is 6.61 Å². The van der Waals surface area contributed by atoms with E-state index in [2.05, 4.69) is 11.1 Å². The van der Waals surface area contributed by atoms with E-state index in [1.807, 2.05) is 18.4 Å². The molecule has 0 aliphatic heterocycles. The predicted molar refractivity (Wildman–Crippen MR) is 76.1 cm³/mol. The molecule has 0 spiro atoms. The van der Waals surface area contributed by atoms with Crippen LogP contribution >= 0.6 is 0 Å². The number of hydrazine groups is 1. The van der Waals surface area contributed by atoms with Crippen LogP contribution in [0.3, 0.4) is 0 Å². The van der Waals surface area contributed by atoms with Crippen LogP contribution in [-0.4, -0.2) is 10.9 Å². The van der Waals surface area contributed by atoms with Gasteiger partial charge in [-0.25, -0.2) is 5.84 Å². The highest BCUT2D eigenvalue weighted by atomic mass is 16.5. The number of aromatic nitrogens is 1. The van der Waals surface area contributed by atoms with Gasteiger partial charge in [-0.05, 0) is 36.8 Å². The van der Waals surface area contributed by atoms with Gasteiger partial charge in [0.15, 0.2) is 0 Å². The van der Waals surface area contributed by atoms with Gasteiger partial charge in [0.1, 0.15) is 12.4 Å². The van der Waals surface area contributed by atoms with Gasteiger partial charge in [-0.2, -0.15) is 5.26 Å². The maximum Gasteiger partial charge on any atom is 0.266 e. The third kappa shape index (κ3) is 3.55. The summed E-state index contributed by atoms with van der Waals surface area (Å²) in [7, 11) is 0. The minimum Gasteiger partial charge on any atom is -0.487 e. The summed E-state index contributed by atoms with van der Waals surface area (Å²) in [4.78, 5) is 15.4. The van der Waals surface area contributed by atoms with Crippen molar-refractivity contribution in [3.63, 3.8) is 0 Å². The Kier molecular flexibility index (Phi) is 4.49. The molecular weight excluding hydrogens is 268 g/mol. The Hall–Kier alpha value is -2.91. The molecule has 0 aliphatic rings. The molecule has 6 nitrogen and oxygen atoms in total. The van der Waals surface area contributed by atoms with Crippen molar-refractivity contribution < 1.29 is 9.53 Å². The number of carbonyl (C=O) groups excluding carboxylic acids is 1. The van der Waals surface area contributed by atoms with Crippen molar-refractivity contribution in [1.29, 1.82) is 5.26 Å². The number of nitrogens with two attached hydrogens (primary N) is 1. The highest BCUT2D eigenvalue weighted by Gasteiger charge is 2.06. The zero-order chi connectivity index (χ0) is 15.2. The quantitative estimate of drug-likeness (QED) is 0.502. The molecule has 0 unspecified atom stereocenters. The largest absolute Gasteiger partial charge is 0.487 e. The molecule has 2 rings (SSSR count). The van der Waals surface area contributed by atoms with Crippen LogP contribution in [0.1, 0.15) is 27.2 Å². The fourth-order valence-electron chi connectivity index (χ4n) is 1.70. The van der Waals surface area contributed by atoms with Crippen LogP contribution < -0.4 is 16.0 Å². The number of pyridine rings is 1. The minimum absolute atomic E-state index is 0.250. The lowest BCUT2D eigenvalue weighted by Gasteiger charge is -2.09. The van der Waals surface area contributed by atoms with Crippen molar-refractivity contribution in [1.82, 2.24) is 10.4 Å².